The maximum atomic E-state index is 12.5. The summed E-state index contributed by atoms with van der Waals surface area (Å²) in [6, 6.07) is 18.6. The van der Waals surface area contributed by atoms with E-state index >= 15 is 0 Å². The molecule has 2 heterocycles. The van der Waals surface area contributed by atoms with Crippen molar-refractivity contribution in [2.24, 2.45) is 5.92 Å². The van der Waals surface area contributed by atoms with Gasteiger partial charge in [-0.15, -0.1) is 0 Å². The number of aromatic nitrogens is 3. The summed E-state index contributed by atoms with van der Waals surface area (Å²) in [6.45, 7) is 0. The highest BCUT2D eigenvalue weighted by Crippen LogP contribution is 2.33. The highest BCUT2D eigenvalue weighted by Gasteiger charge is 2.20. The Morgan fingerprint density at radius 3 is 2.67 bits per heavy atom. The number of benzene rings is 2. The molecule has 8 heteroatoms. The molecule has 33 heavy (non-hydrogen) atoms. The number of hydrogen-bond donors (Lipinski definition) is 4. The van der Waals surface area contributed by atoms with Crippen molar-refractivity contribution in [1.82, 2.24) is 15.2 Å². The fourth-order valence-corrected chi connectivity index (χ4v) is 3.70. The molecule has 0 aliphatic heterocycles. The number of carbonyl (C=O) groups excluding carboxylic acids is 1. The van der Waals surface area contributed by atoms with E-state index < -0.39 is 0 Å². The van der Waals surface area contributed by atoms with Crippen molar-refractivity contribution in [2.75, 3.05) is 16.4 Å². The molecule has 0 radical (unpaired) electrons. The van der Waals surface area contributed by atoms with E-state index in [2.05, 4.69) is 31.9 Å². The molecule has 5 rings (SSSR count). The van der Waals surface area contributed by atoms with Crippen molar-refractivity contribution in [3.05, 3.63) is 72.6 Å². The van der Waals surface area contributed by atoms with Gasteiger partial charge in [0.15, 0.2) is 5.82 Å². The van der Waals surface area contributed by atoms with Crippen LogP contribution in [0.1, 0.15) is 18.5 Å². The van der Waals surface area contributed by atoms with Crippen molar-refractivity contribution >= 4 is 39.7 Å². The molecular weight excluding hydrogens is 414 g/mol. The van der Waals surface area contributed by atoms with Gasteiger partial charge in [0.05, 0.1) is 22.2 Å². The van der Waals surface area contributed by atoms with E-state index in [1.807, 2.05) is 48.5 Å². The number of carbonyl (C=O) groups is 1. The second-order valence-electron chi connectivity index (χ2n) is 7.95. The molecule has 0 spiro atoms. The SMILES string of the molecule is N#CC(=CC1CC1)c1cc(NC(=O)Nc2ccc(-c3cccc4[nH]nc(N)c34)cc2)ccn1. The maximum absolute atomic E-state index is 12.5. The summed E-state index contributed by atoms with van der Waals surface area (Å²) < 4.78 is 0. The molecule has 1 aliphatic rings. The number of amides is 2. The van der Waals surface area contributed by atoms with E-state index in [4.69, 9.17) is 5.73 Å². The lowest BCUT2D eigenvalue weighted by Gasteiger charge is -2.10. The number of nitriles is 1. The van der Waals surface area contributed by atoms with Crippen LogP contribution in [0.2, 0.25) is 0 Å². The minimum atomic E-state index is -0.384. The molecular formula is C25H21N7O. The quantitative estimate of drug-likeness (QED) is 0.321. The Labute approximate surface area is 190 Å². The van der Waals surface area contributed by atoms with Gasteiger partial charge in [0.1, 0.15) is 6.07 Å². The van der Waals surface area contributed by atoms with Crippen molar-refractivity contribution in [3.8, 4) is 17.2 Å². The first-order valence-corrected chi connectivity index (χ1v) is 10.6. The fourth-order valence-electron chi connectivity index (χ4n) is 3.70. The van der Waals surface area contributed by atoms with Crippen LogP contribution in [0.3, 0.4) is 0 Å². The highest BCUT2D eigenvalue weighted by atomic mass is 16.2. The van der Waals surface area contributed by atoms with Crippen LogP contribution < -0.4 is 16.4 Å². The van der Waals surface area contributed by atoms with Crippen LogP contribution in [-0.2, 0) is 0 Å². The van der Waals surface area contributed by atoms with E-state index in [0.717, 1.165) is 34.9 Å². The number of aromatic amines is 1. The molecule has 162 valence electrons. The van der Waals surface area contributed by atoms with Crippen LogP contribution >= 0.6 is 0 Å². The molecule has 0 atom stereocenters. The molecule has 0 saturated heterocycles. The number of pyridine rings is 1. The first kappa shape index (κ1) is 20.3. The number of H-pyrrole nitrogens is 1. The third-order valence-corrected chi connectivity index (χ3v) is 5.51. The monoisotopic (exact) mass is 435 g/mol. The Kier molecular flexibility index (Phi) is 5.21. The normalized spacial score (nSPS) is 13.5. The molecule has 0 unspecified atom stereocenters. The zero-order chi connectivity index (χ0) is 22.8. The number of nitrogen functional groups attached to an aromatic ring is 1. The number of fused-ring (bicyclic) bond motifs is 1. The average Bonchev–Trinajstić information content (AvgIpc) is 3.58. The lowest BCUT2D eigenvalue weighted by atomic mass is 10.0. The van der Waals surface area contributed by atoms with Gasteiger partial charge in [-0.25, -0.2) is 4.79 Å². The smallest absolute Gasteiger partial charge is 0.323 e. The van der Waals surface area contributed by atoms with E-state index in [0.29, 0.717) is 34.4 Å². The molecule has 8 nitrogen and oxygen atoms in total. The van der Waals surface area contributed by atoms with Gasteiger partial charge in [0.2, 0.25) is 0 Å². The number of nitrogens with zero attached hydrogens (tertiary/aromatic N) is 3. The minimum absolute atomic E-state index is 0.384. The summed E-state index contributed by atoms with van der Waals surface area (Å²) >= 11 is 0. The standard InChI is InChI=1S/C25H21N7O/c26-14-17(12-15-4-5-15)22-13-19(10-11-28-22)30-25(33)29-18-8-6-16(7-9-18)20-2-1-3-21-23(20)24(27)32-31-21/h1-3,6-13,15H,4-5H2,(H3,27,31,32)(H2,28,29,30,33). The number of hydrogen-bond acceptors (Lipinski definition) is 5. The Morgan fingerprint density at radius 2 is 1.91 bits per heavy atom. The fraction of sp³-hybridized carbons (Fsp3) is 0.120. The molecule has 2 aromatic heterocycles. The highest BCUT2D eigenvalue weighted by molar-refractivity contribution is 6.02. The second kappa shape index (κ2) is 8.48. The van der Waals surface area contributed by atoms with Crippen molar-refractivity contribution < 1.29 is 4.79 Å². The van der Waals surface area contributed by atoms with Gasteiger partial charge in [0.25, 0.3) is 0 Å². The molecule has 1 fully saturated rings. The van der Waals surface area contributed by atoms with Gasteiger partial charge in [-0.05, 0) is 60.2 Å². The number of rotatable bonds is 5. The van der Waals surface area contributed by atoms with Gasteiger partial charge in [0, 0.05) is 17.6 Å². The number of nitrogens with two attached hydrogens (primary N) is 1. The third-order valence-electron chi connectivity index (χ3n) is 5.51. The summed E-state index contributed by atoms with van der Waals surface area (Å²) in [5, 5.41) is 22.9. The van der Waals surface area contributed by atoms with Crippen LogP contribution in [0.25, 0.3) is 27.6 Å². The van der Waals surface area contributed by atoms with Gasteiger partial charge in [-0.2, -0.15) is 10.4 Å². The van der Waals surface area contributed by atoms with Gasteiger partial charge in [-0.1, -0.05) is 30.3 Å². The molecule has 2 aromatic carbocycles. The summed E-state index contributed by atoms with van der Waals surface area (Å²) in [6.07, 6.45) is 5.75. The molecule has 1 aliphatic carbocycles. The summed E-state index contributed by atoms with van der Waals surface area (Å²) in [4.78, 5) is 16.8. The van der Waals surface area contributed by atoms with E-state index in [1.54, 1.807) is 18.3 Å². The van der Waals surface area contributed by atoms with Crippen molar-refractivity contribution in [2.45, 2.75) is 12.8 Å². The van der Waals surface area contributed by atoms with Crippen molar-refractivity contribution in [1.29, 1.82) is 5.26 Å². The zero-order valence-corrected chi connectivity index (χ0v) is 17.7. The Morgan fingerprint density at radius 1 is 1.12 bits per heavy atom. The van der Waals surface area contributed by atoms with Gasteiger partial charge in [-0.3, -0.25) is 10.1 Å². The lowest BCUT2D eigenvalue weighted by Crippen LogP contribution is -2.19. The number of urea groups is 1. The molecule has 4 aromatic rings. The summed E-state index contributed by atoms with van der Waals surface area (Å²) in [5.74, 6) is 0.909. The third kappa shape index (κ3) is 4.38. The van der Waals surface area contributed by atoms with Crippen LogP contribution in [-0.4, -0.2) is 21.2 Å². The number of anilines is 3. The first-order chi connectivity index (χ1) is 16.1. The lowest BCUT2D eigenvalue weighted by molar-refractivity contribution is 0.262. The minimum Gasteiger partial charge on any atom is -0.382 e. The Balaban J connectivity index is 1.28. The topological polar surface area (TPSA) is 133 Å². The Bertz CT molecular complexity index is 1410. The van der Waals surface area contributed by atoms with Gasteiger partial charge < -0.3 is 16.4 Å². The second-order valence-corrected chi connectivity index (χ2v) is 7.95. The first-order valence-electron chi connectivity index (χ1n) is 10.6. The number of nitrogens with one attached hydrogen (secondary N) is 3. The van der Waals surface area contributed by atoms with Crippen LogP contribution in [0, 0.1) is 17.2 Å². The average molecular weight is 435 g/mol. The largest absolute Gasteiger partial charge is 0.382 e. The zero-order valence-electron chi connectivity index (χ0n) is 17.7. The Hall–Kier alpha value is -4.64. The van der Waals surface area contributed by atoms with E-state index in [9.17, 15) is 10.1 Å². The molecule has 1 saturated carbocycles. The summed E-state index contributed by atoms with van der Waals surface area (Å²) in [7, 11) is 0. The predicted octanol–water partition coefficient (Wildman–Crippen LogP) is 5.17. The van der Waals surface area contributed by atoms with E-state index in [1.165, 1.54) is 0 Å². The van der Waals surface area contributed by atoms with Gasteiger partial charge >= 0.3 is 6.03 Å². The maximum Gasteiger partial charge on any atom is 0.323 e. The van der Waals surface area contributed by atoms with E-state index in [-0.39, 0.29) is 6.03 Å². The summed E-state index contributed by atoms with van der Waals surface area (Å²) in [5.41, 5.74) is 11.1. The number of allylic oxidation sites excluding steroid dienone is 2. The van der Waals surface area contributed by atoms with Crippen molar-refractivity contribution in [3.63, 3.8) is 0 Å². The van der Waals surface area contributed by atoms with Crippen LogP contribution in [0.4, 0.5) is 22.0 Å². The predicted molar refractivity (Wildman–Crippen MR) is 129 cm³/mol. The van der Waals surface area contributed by atoms with Crippen LogP contribution in [0.5, 0.6) is 0 Å². The molecule has 2 amide bonds. The molecule has 0 bridgehead atoms. The van der Waals surface area contributed by atoms with Crippen LogP contribution in [0.15, 0.2) is 66.9 Å². The molecule has 5 N–H and O–H groups in total.